The van der Waals surface area contributed by atoms with E-state index in [0.717, 1.165) is 12.8 Å². The first-order valence-corrected chi connectivity index (χ1v) is 6.49. The number of fused-ring (bicyclic) bond motifs is 2. The van der Waals surface area contributed by atoms with Crippen LogP contribution in [-0.4, -0.2) is 35.6 Å². The van der Waals surface area contributed by atoms with E-state index >= 15 is 0 Å². The average Bonchev–Trinajstić information content (AvgIpc) is 2.42. The highest BCUT2D eigenvalue weighted by atomic mass is 16.6. The van der Waals surface area contributed by atoms with Crippen LogP contribution in [0.15, 0.2) is 11.6 Å². The molecule has 0 aromatic heterocycles. The summed E-state index contributed by atoms with van der Waals surface area (Å²) in [6.07, 6.45) is 6.34. The summed E-state index contributed by atoms with van der Waals surface area (Å²) in [5.41, 5.74) is 0.878. The van der Waals surface area contributed by atoms with Gasteiger partial charge >= 0.3 is 5.97 Å². The minimum absolute atomic E-state index is 0.184. The highest BCUT2D eigenvalue weighted by Crippen LogP contribution is 2.36. The number of hydrogen-bond donors (Lipinski definition) is 0. The van der Waals surface area contributed by atoms with E-state index in [0.29, 0.717) is 12.1 Å². The molecule has 2 atom stereocenters. The van der Waals surface area contributed by atoms with Gasteiger partial charge in [0.05, 0.1) is 0 Å². The summed E-state index contributed by atoms with van der Waals surface area (Å²) in [5, 5.41) is 0. The Kier molecular flexibility index (Phi) is 3.30. The zero-order chi connectivity index (χ0) is 12.6. The van der Waals surface area contributed by atoms with Crippen molar-refractivity contribution in [1.29, 1.82) is 0 Å². The number of piperidine rings is 1. The first-order chi connectivity index (χ1) is 7.85. The molecule has 2 aliphatic heterocycles. The van der Waals surface area contributed by atoms with Crippen LogP contribution >= 0.6 is 0 Å². The van der Waals surface area contributed by atoms with E-state index in [1.165, 1.54) is 18.4 Å². The first-order valence-electron chi connectivity index (χ1n) is 6.49. The maximum atomic E-state index is 11.7. The molecule has 0 aliphatic carbocycles. The summed E-state index contributed by atoms with van der Waals surface area (Å²) >= 11 is 0. The lowest BCUT2D eigenvalue weighted by atomic mass is 9.97. The molecular weight excluding hydrogens is 214 g/mol. The highest BCUT2D eigenvalue weighted by Gasteiger charge is 2.36. The van der Waals surface area contributed by atoms with Crippen LogP contribution in [0.4, 0.5) is 0 Å². The van der Waals surface area contributed by atoms with Crippen molar-refractivity contribution in [3.8, 4) is 0 Å². The van der Waals surface area contributed by atoms with E-state index in [1.807, 2.05) is 20.8 Å². The normalized spacial score (nSPS) is 29.3. The van der Waals surface area contributed by atoms with Crippen LogP contribution < -0.4 is 0 Å². The molecule has 0 aromatic carbocycles. The predicted octanol–water partition coefficient (Wildman–Crippen LogP) is 2.51. The highest BCUT2D eigenvalue weighted by molar-refractivity contribution is 5.83. The van der Waals surface area contributed by atoms with Crippen LogP contribution in [0, 0.1) is 0 Å². The number of rotatable bonds is 1. The van der Waals surface area contributed by atoms with Gasteiger partial charge in [-0.05, 0) is 53.5 Å². The van der Waals surface area contributed by atoms with Gasteiger partial charge in [-0.1, -0.05) is 5.57 Å². The monoisotopic (exact) mass is 237 g/mol. The fourth-order valence-corrected chi connectivity index (χ4v) is 2.89. The largest absolute Gasteiger partial charge is 0.457 e. The minimum Gasteiger partial charge on any atom is -0.457 e. The number of esters is 1. The fourth-order valence-electron chi connectivity index (χ4n) is 2.89. The molecule has 2 bridgehead atoms. The molecule has 3 nitrogen and oxygen atoms in total. The van der Waals surface area contributed by atoms with Gasteiger partial charge in [0.1, 0.15) is 5.60 Å². The molecule has 0 N–H and O–H groups in total. The lowest BCUT2D eigenvalue weighted by Gasteiger charge is -2.32. The zero-order valence-electron chi connectivity index (χ0n) is 11.3. The Balaban J connectivity index is 1.98. The molecule has 3 heteroatoms. The van der Waals surface area contributed by atoms with E-state index in [9.17, 15) is 4.79 Å². The van der Waals surface area contributed by atoms with E-state index < -0.39 is 5.60 Å². The van der Waals surface area contributed by atoms with Crippen molar-refractivity contribution in [2.75, 3.05) is 7.05 Å². The zero-order valence-corrected chi connectivity index (χ0v) is 11.3. The predicted molar refractivity (Wildman–Crippen MR) is 67.7 cm³/mol. The molecule has 96 valence electrons. The summed E-state index contributed by atoms with van der Waals surface area (Å²) < 4.78 is 5.33. The van der Waals surface area contributed by atoms with Crippen molar-refractivity contribution in [2.24, 2.45) is 0 Å². The Hall–Kier alpha value is -0.830. The molecule has 2 saturated heterocycles. The molecule has 2 heterocycles. The van der Waals surface area contributed by atoms with Crippen LogP contribution in [0.2, 0.25) is 0 Å². The average molecular weight is 237 g/mol. The molecule has 2 unspecified atom stereocenters. The number of ether oxygens (including phenoxy) is 1. The van der Waals surface area contributed by atoms with Crippen LogP contribution in [0.25, 0.3) is 0 Å². The van der Waals surface area contributed by atoms with Gasteiger partial charge in [-0.3, -0.25) is 4.90 Å². The maximum Gasteiger partial charge on any atom is 0.331 e. The van der Waals surface area contributed by atoms with Crippen molar-refractivity contribution < 1.29 is 9.53 Å². The van der Waals surface area contributed by atoms with Gasteiger partial charge < -0.3 is 4.74 Å². The third-order valence-corrected chi connectivity index (χ3v) is 3.71. The van der Waals surface area contributed by atoms with Crippen molar-refractivity contribution in [3.05, 3.63) is 11.6 Å². The Morgan fingerprint density at radius 3 is 2.29 bits per heavy atom. The standard InChI is InChI=1S/C14H23NO2/c1-14(2,3)17-13(16)9-10-7-11-5-6-12(8-10)15(11)4/h9,11-12H,5-8H2,1-4H3. The van der Waals surface area contributed by atoms with Crippen LogP contribution in [0.1, 0.15) is 46.5 Å². The van der Waals surface area contributed by atoms with Gasteiger partial charge in [0.25, 0.3) is 0 Å². The lowest BCUT2D eigenvalue weighted by Crippen LogP contribution is -2.37. The summed E-state index contributed by atoms with van der Waals surface area (Å²) in [6.45, 7) is 5.71. The Morgan fingerprint density at radius 1 is 1.29 bits per heavy atom. The summed E-state index contributed by atoms with van der Waals surface area (Å²) in [4.78, 5) is 14.2. The number of hydrogen-bond acceptors (Lipinski definition) is 3. The lowest BCUT2D eigenvalue weighted by molar-refractivity contribution is -0.148. The molecule has 2 fully saturated rings. The van der Waals surface area contributed by atoms with E-state index in [-0.39, 0.29) is 5.97 Å². The molecule has 0 spiro atoms. The van der Waals surface area contributed by atoms with Crippen molar-refractivity contribution in [3.63, 3.8) is 0 Å². The minimum atomic E-state index is -0.390. The van der Waals surface area contributed by atoms with E-state index in [2.05, 4.69) is 11.9 Å². The second-order valence-electron chi connectivity index (χ2n) is 6.29. The second-order valence-corrected chi connectivity index (χ2v) is 6.29. The van der Waals surface area contributed by atoms with E-state index in [4.69, 9.17) is 4.74 Å². The smallest absolute Gasteiger partial charge is 0.331 e. The van der Waals surface area contributed by atoms with Gasteiger partial charge in [0.15, 0.2) is 0 Å². The quantitative estimate of drug-likeness (QED) is 0.518. The topological polar surface area (TPSA) is 29.5 Å². The molecule has 17 heavy (non-hydrogen) atoms. The van der Waals surface area contributed by atoms with Gasteiger partial charge in [-0.15, -0.1) is 0 Å². The molecule has 0 saturated carbocycles. The van der Waals surface area contributed by atoms with Crippen LogP contribution in [-0.2, 0) is 9.53 Å². The van der Waals surface area contributed by atoms with Crippen LogP contribution in [0.5, 0.6) is 0 Å². The fraction of sp³-hybridized carbons (Fsp3) is 0.786. The van der Waals surface area contributed by atoms with Crippen molar-refractivity contribution >= 4 is 5.97 Å². The maximum absolute atomic E-state index is 11.7. The molecule has 0 radical (unpaired) electrons. The van der Waals surface area contributed by atoms with Crippen molar-refractivity contribution in [2.45, 2.75) is 64.1 Å². The van der Waals surface area contributed by atoms with Gasteiger partial charge in [0, 0.05) is 18.2 Å². The third kappa shape index (κ3) is 3.09. The van der Waals surface area contributed by atoms with E-state index in [1.54, 1.807) is 6.08 Å². The van der Waals surface area contributed by atoms with Gasteiger partial charge in [-0.2, -0.15) is 0 Å². The SMILES string of the molecule is CN1C2CCC1CC(=CC(=O)OC(C)(C)C)C2. The molecular formula is C14H23NO2. The Morgan fingerprint density at radius 2 is 1.82 bits per heavy atom. The number of carbonyl (C=O) groups excluding carboxylic acids is 1. The summed E-state index contributed by atoms with van der Waals surface area (Å²) in [6, 6.07) is 1.28. The van der Waals surface area contributed by atoms with Crippen LogP contribution in [0.3, 0.4) is 0 Å². The number of carbonyl (C=O) groups is 1. The molecule has 0 aromatic rings. The molecule has 2 rings (SSSR count). The van der Waals surface area contributed by atoms with Gasteiger partial charge in [-0.25, -0.2) is 4.79 Å². The summed E-state index contributed by atoms with van der Waals surface area (Å²) in [7, 11) is 2.20. The Labute approximate surface area is 104 Å². The third-order valence-electron chi connectivity index (χ3n) is 3.71. The molecule has 2 aliphatic rings. The second kappa shape index (κ2) is 4.45. The van der Waals surface area contributed by atoms with Crippen molar-refractivity contribution in [1.82, 2.24) is 4.90 Å². The number of nitrogens with zero attached hydrogens (tertiary/aromatic N) is 1. The first kappa shape index (κ1) is 12.6. The molecule has 0 amide bonds. The van der Waals surface area contributed by atoms with Gasteiger partial charge in [0.2, 0.25) is 0 Å². The summed E-state index contributed by atoms with van der Waals surface area (Å²) in [5.74, 6) is -0.184. The Bertz CT molecular complexity index is 325.